The number of pyridine rings is 1. The number of hydrogen-bond acceptors (Lipinski definition) is 4. The average Bonchev–Trinajstić information content (AvgIpc) is 3.36. The first-order valence-corrected chi connectivity index (χ1v) is 8.93. The minimum atomic E-state index is -0.203. The lowest BCUT2D eigenvalue weighted by molar-refractivity contribution is -0.124. The van der Waals surface area contributed by atoms with E-state index in [2.05, 4.69) is 20.8 Å². The summed E-state index contributed by atoms with van der Waals surface area (Å²) in [6.07, 6.45) is 4.91. The molecule has 25 heavy (non-hydrogen) atoms. The zero-order valence-corrected chi connectivity index (χ0v) is 14.7. The van der Waals surface area contributed by atoms with Crippen molar-refractivity contribution >= 4 is 17.5 Å². The number of carbonyl (C=O) groups is 2. The Labute approximate surface area is 147 Å². The molecule has 1 aliphatic rings. The van der Waals surface area contributed by atoms with E-state index in [1.807, 2.05) is 42.6 Å². The lowest BCUT2D eigenvalue weighted by Gasteiger charge is -2.21. The minimum absolute atomic E-state index is 0.0351. The number of carbonyl (C=O) groups excluding carboxylic acids is 2. The number of aromatic nitrogens is 3. The van der Waals surface area contributed by atoms with Gasteiger partial charge in [0.1, 0.15) is 0 Å². The van der Waals surface area contributed by atoms with Gasteiger partial charge in [-0.2, -0.15) is 0 Å². The molecule has 1 aliphatic carbocycles. The Morgan fingerprint density at radius 3 is 2.80 bits per heavy atom. The molecule has 0 aliphatic heterocycles. The summed E-state index contributed by atoms with van der Waals surface area (Å²) in [4.78, 5) is 23.9. The van der Waals surface area contributed by atoms with Crippen molar-refractivity contribution in [2.45, 2.75) is 45.6 Å². The Morgan fingerprint density at radius 2 is 2.08 bits per heavy atom. The Morgan fingerprint density at radius 1 is 1.28 bits per heavy atom. The highest BCUT2D eigenvalue weighted by atomic mass is 16.2. The van der Waals surface area contributed by atoms with E-state index in [0.29, 0.717) is 19.4 Å². The minimum Gasteiger partial charge on any atom is -0.356 e. The van der Waals surface area contributed by atoms with Crippen LogP contribution >= 0.6 is 0 Å². The molecule has 0 radical (unpaired) electrons. The maximum Gasteiger partial charge on any atom is 0.223 e. The summed E-state index contributed by atoms with van der Waals surface area (Å²) in [5.74, 6) is 1.22. The van der Waals surface area contributed by atoms with E-state index < -0.39 is 0 Å². The smallest absolute Gasteiger partial charge is 0.223 e. The molecule has 0 saturated heterocycles. The fraction of sp³-hybridized carbons (Fsp3) is 0.556. The van der Waals surface area contributed by atoms with E-state index in [9.17, 15) is 9.59 Å². The second-order valence-corrected chi connectivity index (χ2v) is 6.95. The summed E-state index contributed by atoms with van der Waals surface area (Å²) in [6.45, 7) is 4.64. The molecule has 7 heteroatoms. The predicted molar refractivity (Wildman–Crippen MR) is 93.7 cm³/mol. The van der Waals surface area contributed by atoms with Gasteiger partial charge < -0.3 is 10.6 Å². The zero-order valence-electron chi connectivity index (χ0n) is 14.7. The Kier molecular flexibility index (Phi) is 5.31. The average molecular weight is 343 g/mol. The van der Waals surface area contributed by atoms with Crippen molar-refractivity contribution in [1.82, 2.24) is 25.2 Å². The highest BCUT2D eigenvalue weighted by Gasteiger charge is 2.29. The van der Waals surface area contributed by atoms with Crippen molar-refractivity contribution in [2.24, 2.45) is 11.8 Å². The fourth-order valence-electron chi connectivity index (χ4n) is 2.80. The third-order valence-electron chi connectivity index (χ3n) is 4.43. The van der Waals surface area contributed by atoms with Crippen molar-refractivity contribution in [3.63, 3.8) is 0 Å². The van der Waals surface area contributed by atoms with Crippen LogP contribution in [0.4, 0.5) is 0 Å². The molecular weight excluding hydrogens is 318 g/mol. The van der Waals surface area contributed by atoms with E-state index in [-0.39, 0.29) is 29.7 Å². The van der Waals surface area contributed by atoms with E-state index in [1.54, 1.807) is 0 Å². The summed E-state index contributed by atoms with van der Waals surface area (Å²) in [6, 6.07) is 5.51. The van der Waals surface area contributed by atoms with E-state index in [4.69, 9.17) is 0 Å². The normalized spacial score (nSPS) is 15.3. The molecule has 2 amide bonds. The van der Waals surface area contributed by atoms with Gasteiger partial charge in [-0.1, -0.05) is 19.9 Å². The molecule has 3 rings (SSSR count). The van der Waals surface area contributed by atoms with E-state index in [1.165, 1.54) is 0 Å². The topological polar surface area (TPSA) is 88.4 Å². The third kappa shape index (κ3) is 4.35. The van der Waals surface area contributed by atoms with Gasteiger partial charge >= 0.3 is 0 Å². The first-order valence-electron chi connectivity index (χ1n) is 8.93. The van der Waals surface area contributed by atoms with Gasteiger partial charge in [-0.3, -0.25) is 14.0 Å². The second-order valence-electron chi connectivity index (χ2n) is 6.95. The standard InChI is InChI=1S/C18H25N5O2/c1-12(2)16(17-22-21-14-6-3-4-11-23(14)17)20-15(24)7-5-10-19-18(25)13-8-9-13/h3-4,6,11-13,16H,5,7-10H2,1-2H3,(H,19,25)(H,20,24). The zero-order chi connectivity index (χ0) is 17.8. The SMILES string of the molecule is CC(C)C(NC(=O)CCCNC(=O)C1CC1)c1nnc2ccccn12. The maximum atomic E-state index is 12.3. The van der Waals surface area contributed by atoms with Gasteiger partial charge in [0.2, 0.25) is 11.8 Å². The number of nitrogens with one attached hydrogen (secondary N) is 2. The first-order chi connectivity index (χ1) is 12.1. The van der Waals surface area contributed by atoms with Crippen LogP contribution in [-0.2, 0) is 9.59 Å². The van der Waals surface area contributed by atoms with Crippen LogP contribution in [0.2, 0.25) is 0 Å². The molecule has 0 spiro atoms. The number of fused-ring (bicyclic) bond motifs is 1. The van der Waals surface area contributed by atoms with Gasteiger partial charge in [0.25, 0.3) is 0 Å². The van der Waals surface area contributed by atoms with Crippen molar-refractivity contribution in [3.8, 4) is 0 Å². The maximum absolute atomic E-state index is 12.3. The third-order valence-corrected chi connectivity index (χ3v) is 4.43. The summed E-state index contributed by atoms with van der Waals surface area (Å²) in [5.41, 5.74) is 0.764. The number of nitrogens with zero attached hydrogens (tertiary/aromatic N) is 3. The Hall–Kier alpha value is -2.44. The van der Waals surface area contributed by atoms with Crippen LogP contribution in [-0.4, -0.2) is 33.0 Å². The second kappa shape index (κ2) is 7.63. The molecule has 1 fully saturated rings. The van der Waals surface area contributed by atoms with Gasteiger partial charge in [-0.25, -0.2) is 0 Å². The van der Waals surface area contributed by atoms with Crippen LogP contribution in [0, 0.1) is 11.8 Å². The monoisotopic (exact) mass is 343 g/mol. The lowest BCUT2D eigenvalue weighted by atomic mass is 10.0. The van der Waals surface area contributed by atoms with Crippen LogP contribution in [0.3, 0.4) is 0 Å². The highest BCUT2D eigenvalue weighted by Crippen LogP contribution is 2.28. The Balaban J connectivity index is 1.54. The molecule has 1 atom stereocenters. The van der Waals surface area contributed by atoms with Crippen LogP contribution in [0.15, 0.2) is 24.4 Å². The largest absolute Gasteiger partial charge is 0.356 e. The fourth-order valence-corrected chi connectivity index (χ4v) is 2.80. The molecular formula is C18H25N5O2. The molecule has 2 heterocycles. The quantitative estimate of drug-likeness (QED) is 0.716. The molecule has 0 aromatic carbocycles. The number of hydrogen-bond donors (Lipinski definition) is 2. The number of amides is 2. The van der Waals surface area contributed by atoms with Crippen LogP contribution in [0.1, 0.15) is 51.4 Å². The van der Waals surface area contributed by atoms with Gasteiger partial charge in [-0.15, -0.1) is 10.2 Å². The summed E-state index contributed by atoms with van der Waals surface area (Å²) < 4.78 is 1.90. The van der Waals surface area contributed by atoms with Gasteiger partial charge in [0.15, 0.2) is 11.5 Å². The van der Waals surface area contributed by atoms with Crippen LogP contribution < -0.4 is 10.6 Å². The van der Waals surface area contributed by atoms with Gasteiger partial charge in [0.05, 0.1) is 6.04 Å². The number of rotatable bonds is 8. The van der Waals surface area contributed by atoms with E-state index in [0.717, 1.165) is 24.3 Å². The van der Waals surface area contributed by atoms with Crippen molar-refractivity contribution in [1.29, 1.82) is 0 Å². The summed E-state index contributed by atoms with van der Waals surface area (Å²) in [7, 11) is 0. The Bertz CT molecular complexity index is 751. The molecule has 2 N–H and O–H groups in total. The van der Waals surface area contributed by atoms with Crippen LogP contribution in [0.25, 0.3) is 5.65 Å². The van der Waals surface area contributed by atoms with Crippen molar-refractivity contribution in [3.05, 3.63) is 30.2 Å². The van der Waals surface area contributed by atoms with Crippen molar-refractivity contribution in [2.75, 3.05) is 6.54 Å². The molecule has 2 aromatic heterocycles. The molecule has 7 nitrogen and oxygen atoms in total. The summed E-state index contributed by atoms with van der Waals surface area (Å²) >= 11 is 0. The highest BCUT2D eigenvalue weighted by molar-refractivity contribution is 5.81. The van der Waals surface area contributed by atoms with Gasteiger partial charge in [0, 0.05) is 25.1 Å². The molecule has 1 unspecified atom stereocenters. The van der Waals surface area contributed by atoms with Crippen molar-refractivity contribution < 1.29 is 9.59 Å². The van der Waals surface area contributed by atoms with Crippen LogP contribution in [0.5, 0.6) is 0 Å². The molecule has 2 aromatic rings. The van der Waals surface area contributed by atoms with E-state index >= 15 is 0 Å². The predicted octanol–water partition coefficient (Wildman–Crippen LogP) is 1.85. The molecule has 1 saturated carbocycles. The van der Waals surface area contributed by atoms with Gasteiger partial charge in [-0.05, 0) is 37.3 Å². The molecule has 0 bridgehead atoms. The first kappa shape index (κ1) is 17.4. The molecule has 134 valence electrons. The summed E-state index contributed by atoms with van der Waals surface area (Å²) in [5, 5.41) is 14.4. The lowest BCUT2D eigenvalue weighted by Crippen LogP contribution is -2.34.